The topological polar surface area (TPSA) is 70.8 Å². The van der Waals surface area contributed by atoms with Crippen molar-refractivity contribution in [2.24, 2.45) is 0 Å². The SMILES string of the molecule is O=C(O)CC1CCCN1C(=O)c1ccc(Cl)o1. The zero-order chi connectivity index (χ0) is 12.4. The van der Waals surface area contributed by atoms with Gasteiger partial charge in [0.15, 0.2) is 11.0 Å². The Kier molecular flexibility index (Phi) is 3.38. The summed E-state index contributed by atoms with van der Waals surface area (Å²) in [5.41, 5.74) is 0. The molecule has 0 radical (unpaired) electrons. The van der Waals surface area contributed by atoms with Crippen LogP contribution in [0, 0.1) is 0 Å². The lowest BCUT2D eigenvalue weighted by molar-refractivity contribution is -0.137. The first-order valence-corrected chi connectivity index (χ1v) is 5.74. The van der Waals surface area contributed by atoms with Gasteiger partial charge in [0.2, 0.25) is 0 Å². The normalized spacial score (nSPS) is 19.6. The van der Waals surface area contributed by atoms with E-state index < -0.39 is 5.97 Å². The van der Waals surface area contributed by atoms with Crippen LogP contribution in [0.15, 0.2) is 16.5 Å². The molecular weight excluding hydrogens is 246 g/mol. The fourth-order valence-electron chi connectivity index (χ4n) is 2.09. The Hall–Kier alpha value is -1.49. The van der Waals surface area contributed by atoms with E-state index in [1.165, 1.54) is 12.1 Å². The molecule has 1 aliphatic rings. The molecule has 2 rings (SSSR count). The third-order valence-corrected chi connectivity index (χ3v) is 3.04. The summed E-state index contributed by atoms with van der Waals surface area (Å²) in [5.74, 6) is -1.03. The number of carboxylic acid groups (broad SMARTS) is 1. The maximum atomic E-state index is 12.0. The Labute approximate surface area is 103 Å². The van der Waals surface area contributed by atoms with Gasteiger partial charge in [-0.3, -0.25) is 9.59 Å². The van der Waals surface area contributed by atoms with Crippen LogP contribution in [0.25, 0.3) is 0 Å². The number of rotatable bonds is 3. The van der Waals surface area contributed by atoms with Crippen LogP contribution in [0.4, 0.5) is 0 Å². The minimum atomic E-state index is -0.896. The summed E-state index contributed by atoms with van der Waals surface area (Å²) in [5, 5.41) is 8.92. The van der Waals surface area contributed by atoms with Gasteiger partial charge in [0.25, 0.3) is 5.91 Å². The van der Waals surface area contributed by atoms with E-state index in [-0.39, 0.29) is 29.3 Å². The Morgan fingerprint density at radius 3 is 2.88 bits per heavy atom. The van der Waals surface area contributed by atoms with E-state index in [0.29, 0.717) is 13.0 Å². The van der Waals surface area contributed by atoms with Crippen LogP contribution >= 0.6 is 11.6 Å². The maximum absolute atomic E-state index is 12.0. The van der Waals surface area contributed by atoms with Crippen molar-refractivity contribution in [2.75, 3.05) is 6.54 Å². The molecule has 0 saturated carbocycles. The van der Waals surface area contributed by atoms with Crippen LogP contribution < -0.4 is 0 Å². The van der Waals surface area contributed by atoms with Crippen molar-refractivity contribution in [3.05, 3.63) is 23.1 Å². The smallest absolute Gasteiger partial charge is 0.305 e. The Morgan fingerprint density at radius 2 is 2.29 bits per heavy atom. The van der Waals surface area contributed by atoms with E-state index >= 15 is 0 Å². The highest BCUT2D eigenvalue weighted by molar-refractivity contribution is 6.29. The van der Waals surface area contributed by atoms with Crippen molar-refractivity contribution >= 4 is 23.5 Å². The number of nitrogens with zero attached hydrogens (tertiary/aromatic N) is 1. The fourth-order valence-corrected chi connectivity index (χ4v) is 2.23. The first-order valence-electron chi connectivity index (χ1n) is 5.36. The van der Waals surface area contributed by atoms with Crippen molar-refractivity contribution in [3.63, 3.8) is 0 Å². The summed E-state index contributed by atoms with van der Waals surface area (Å²) in [7, 11) is 0. The van der Waals surface area contributed by atoms with Crippen LogP contribution in [0.5, 0.6) is 0 Å². The van der Waals surface area contributed by atoms with Crippen LogP contribution in [-0.2, 0) is 4.79 Å². The van der Waals surface area contributed by atoms with Gasteiger partial charge < -0.3 is 14.4 Å². The second-order valence-corrected chi connectivity index (χ2v) is 4.37. The number of carbonyl (C=O) groups is 2. The molecule has 5 nitrogen and oxygen atoms in total. The molecule has 1 unspecified atom stereocenters. The van der Waals surface area contributed by atoms with Gasteiger partial charge >= 0.3 is 5.97 Å². The van der Waals surface area contributed by atoms with Gasteiger partial charge in [-0.25, -0.2) is 0 Å². The Morgan fingerprint density at radius 1 is 1.53 bits per heavy atom. The molecule has 0 spiro atoms. The molecule has 0 aromatic carbocycles. The quantitative estimate of drug-likeness (QED) is 0.899. The molecule has 1 aromatic heterocycles. The number of hydrogen-bond donors (Lipinski definition) is 1. The second kappa shape index (κ2) is 4.79. The van der Waals surface area contributed by atoms with Gasteiger partial charge in [-0.15, -0.1) is 0 Å². The fraction of sp³-hybridized carbons (Fsp3) is 0.455. The molecule has 1 N–H and O–H groups in total. The van der Waals surface area contributed by atoms with E-state index in [4.69, 9.17) is 21.1 Å². The van der Waals surface area contributed by atoms with E-state index in [2.05, 4.69) is 0 Å². The van der Waals surface area contributed by atoms with Crippen LogP contribution in [0.3, 0.4) is 0 Å². The molecule has 1 aromatic rings. The van der Waals surface area contributed by atoms with E-state index in [0.717, 1.165) is 6.42 Å². The number of aliphatic carboxylic acids is 1. The molecule has 1 amide bonds. The third-order valence-electron chi connectivity index (χ3n) is 2.83. The van der Waals surface area contributed by atoms with Crippen molar-refractivity contribution in [1.82, 2.24) is 4.90 Å². The summed E-state index contributed by atoms with van der Waals surface area (Å²) in [4.78, 5) is 24.3. The number of carboxylic acids is 1. The average molecular weight is 258 g/mol. The lowest BCUT2D eigenvalue weighted by Crippen LogP contribution is -2.36. The van der Waals surface area contributed by atoms with Crippen LogP contribution in [0.2, 0.25) is 5.22 Å². The average Bonchev–Trinajstić information content (AvgIpc) is 2.85. The zero-order valence-electron chi connectivity index (χ0n) is 9.06. The molecule has 92 valence electrons. The molecule has 2 heterocycles. The lowest BCUT2D eigenvalue weighted by Gasteiger charge is -2.22. The summed E-state index contributed by atoms with van der Waals surface area (Å²) in [6.45, 7) is 0.565. The second-order valence-electron chi connectivity index (χ2n) is 4.00. The number of amides is 1. The molecule has 1 fully saturated rings. The van der Waals surface area contributed by atoms with Crippen LogP contribution in [0.1, 0.15) is 29.8 Å². The Bertz CT molecular complexity index is 442. The number of halogens is 1. The summed E-state index contributed by atoms with van der Waals surface area (Å²) >= 11 is 5.60. The molecule has 6 heteroatoms. The lowest BCUT2D eigenvalue weighted by atomic mass is 10.1. The van der Waals surface area contributed by atoms with Gasteiger partial charge in [-0.05, 0) is 36.6 Å². The van der Waals surface area contributed by atoms with E-state index in [9.17, 15) is 9.59 Å². The molecule has 0 bridgehead atoms. The molecule has 1 saturated heterocycles. The monoisotopic (exact) mass is 257 g/mol. The van der Waals surface area contributed by atoms with Gasteiger partial charge in [0.1, 0.15) is 0 Å². The molecule has 0 aliphatic carbocycles. The Balaban J connectivity index is 2.10. The highest BCUT2D eigenvalue weighted by Crippen LogP contribution is 2.24. The van der Waals surface area contributed by atoms with Crippen molar-refractivity contribution in [1.29, 1.82) is 0 Å². The van der Waals surface area contributed by atoms with Gasteiger partial charge in [-0.2, -0.15) is 0 Å². The van der Waals surface area contributed by atoms with Gasteiger partial charge in [0, 0.05) is 12.6 Å². The first kappa shape index (κ1) is 12.0. The number of furan rings is 1. The minimum absolute atomic E-state index is 0.0276. The highest BCUT2D eigenvalue weighted by atomic mass is 35.5. The van der Waals surface area contributed by atoms with Gasteiger partial charge in [0.05, 0.1) is 6.42 Å². The first-order chi connectivity index (χ1) is 8.08. The van der Waals surface area contributed by atoms with Crippen molar-refractivity contribution in [3.8, 4) is 0 Å². The van der Waals surface area contributed by atoms with Crippen molar-refractivity contribution in [2.45, 2.75) is 25.3 Å². The van der Waals surface area contributed by atoms with E-state index in [1.54, 1.807) is 4.90 Å². The minimum Gasteiger partial charge on any atom is -0.481 e. The van der Waals surface area contributed by atoms with Crippen LogP contribution in [-0.4, -0.2) is 34.5 Å². The molecule has 1 aliphatic heterocycles. The van der Waals surface area contributed by atoms with E-state index in [1.807, 2.05) is 0 Å². The summed E-state index contributed by atoms with van der Waals surface area (Å²) in [6, 6.07) is 2.75. The molecular formula is C11H12ClNO4. The van der Waals surface area contributed by atoms with Gasteiger partial charge in [-0.1, -0.05) is 0 Å². The highest BCUT2D eigenvalue weighted by Gasteiger charge is 2.32. The predicted molar refractivity (Wildman–Crippen MR) is 60.0 cm³/mol. The number of likely N-dealkylation sites (tertiary alicyclic amines) is 1. The number of carbonyl (C=O) groups excluding carboxylic acids is 1. The number of hydrogen-bond acceptors (Lipinski definition) is 3. The predicted octanol–water partition coefficient (Wildman–Crippen LogP) is 2.01. The van der Waals surface area contributed by atoms with Crippen molar-refractivity contribution < 1.29 is 19.1 Å². The molecule has 1 atom stereocenters. The third kappa shape index (κ3) is 2.61. The molecule has 17 heavy (non-hydrogen) atoms. The summed E-state index contributed by atoms with van der Waals surface area (Å²) < 4.78 is 5.04. The zero-order valence-corrected chi connectivity index (χ0v) is 9.81. The summed E-state index contributed by atoms with van der Waals surface area (Å²) in [6.07, 6.45) is 1.50. The standard InChI is InChI=1S/C11H12ClNO4/c12-9-4-3-8(17-9)11(16)13-5-1-2-7(13)6-10(14)15/h3-4,7H,1-2,5-6H2,(H,14,15). The maximum Gasteiger partial charge on any atom is 0.305 e. The largest absolute Gasteiger partial charge is 0.481 e.